The highest BCUT2D eigenvalue weighted by Crippen LogP contribution is 2.41. The molecular formula is C72H76N4. The molecule has 384 valence electrons. The van der Waals surface area contributed by atoms with Crippen LogP contribution in [0.3, 0.4) is 0 Å². The second-order valence-electron chi connectivity index (χ2n) is 18.9. The van der Waals surface area contributed by atoms with Gasteiger partial charge in [0, 0.05) is 67.0 Å². The summed E-state index contributed by atoms with van der Waals surface area (Å²) in [4.78, 5) is 4.69. The molecule has 0 spiro atoms. The molecule has 0 aliphatic rings. The van der Waals surface area contributed by atoms with Crippen LogP contribution < -0.4 is 9.80 Å². The number of hydrogen-bond donors (Lipinski definition) is 0. The normalized spacial score (nSPS) is 11.5. The van der Waals surface area contributed by atoms with Crippen molar-refractivity contribution in [2.75, 3.05) is 9.80 Å². The third-order valence-electron chi connectivity index (χ3n) is 14.6. The lowest BCUT2D eigenvalue weighted by Gasteiger charge is -2.26. The summed E-state index contributed by atoms with van der Waals surface area (Å²) >= 11 is 0. The van der Waals surface area contributed by atoms with Crippen LogP contribution in [-0.4, -0.2) is 9.13 Å². The molecule has 2 heterocycles. The summed E-state index contributed by atoms with van der Waals surface area (Å²) in [5, 5.41) is 5.08. The van der Waals surface area contributed by atoms with E-state index < -0.39 is 0 Å². The average molecular weight is 997 g/mol. The zero-order valence-electron chi connectivity index (χ0n) is 41.6. The van der Waals surface area contributed by atoms with E-state index in [1.54, 1.807) is 0 Å². The molecule has 0 aliphatic heterocycles. The number of nitrogens with zero attached hydrogens (tertiary/aromatic N) is 4. The second kappa shape index (κ2) is 24.6. The van der Waals surface area contributed by atoms with Gasteiger partial charge in [-0.05, 0) is 157 Å². The van der Waals surface area contributed by atoms with E-state index in [0.29, 0.717) is 11.8 Å². The van der Waals surface area contributed by atoms with Gasteiger partial charge in [-0.25, -0.2) is 0 Å². The Kier molecular flexibility index (Phi) is 17.9. The van der Waals surface area contributed by atoms with E-state index >= 15 is 0 Å². The number of anilines is 6. The molecule has 0 amide bonds. The largest absolute Gasteiger partial charge is 0.311 e. The number of benzene rings is 10. The Hall–Kier alpha value is -8.60. The average Bonchev–Trinajstić information content (AvgIpc) is 4.01. The summed E-state index contributed by atoms with van der Waals surface area (Å²) in [6.07, 6.45) is 2.29. The molecule has 0 N–H and O–H groups in total. The molecule has 4 nitrogen and oxygen atoms in total. The molecule has 0 saturated heterocycles. The Morgan fingerprint density at radius 3 is 0.987 bits per heavy atom. The summed E-state index contributed by atoms with van der Waals surface area (Å²) in [6, 6.07) is 91.8. The lowest BCUT2D eigenvalue weighted by molar-refractivity contribution is 0.733. The molecule has 76 heavy (non-hydrogen) atoms. The highest BCUT2D eigenvalue weighted by molar-refractivity contribution is 6.11. The number of aromatic nitrogens is 2. The molecule has 12 aromatic rings. The SMILES string of the molecule is C.C.C.C.CCC(C)c1ccc(N(c2ccccc2)c2ccc(-n3c4ccccc4c4ccccc43)cc2)cc1.CCC(C)c1ccc(N(c2ccccc2)c2ccc3c(c2)c2ccccc2n3-c2ccccc2)cc1. The van der Waals surface area contributed by atoms with E-state index in [-0.39, 0.29) is 29.7 Å². The maximum Gasteiger partial charge on any atom is 0.0542 e. The fourth-order valence-electron chi connectivity index (χ4n) is 10.3. The molecule has 10 aromatic carbocycles. The van der Waals surface area contributed by atoms with Crippen LogP contribution in [0, 0.1) is 0 Å². The van der Waals surface area contributed by atoms with Crippen LogP contribution in [0.5, 0.6) is 0 Å². The van der Waals surface area contributed by atoms with Gasteiger partial charge in [0.1, 0.15) is 0 Å². The van der Waals surface area contributed by atoms with Crippen LogP contribution in [-0.2, 0) is 0 Å². The van der Waals surface area contributed by atoms with E-state index in [4.69, 9.17) is 0 Å². The highest BCUT2D eigenvalue weighted by atomic mass is 15.1. The minimum Gasteiger partial charge on any atom is -0.311 e. The van der Waals surface area contributed by atoms with Crippen LogP contribution in [0.15, 0.2) is 255 Å². The Bertz CT molecular complexity index is 3670. The first-order valence-electron chi connectivity index (χ1n) is 25.6. The third kappa shape index (κ3) is 10.7. The molecule has 0 fully saturated rings. The van der Waals surface area contributed by atoms with Crippen molar-refractivity contribution in [3.05, 3.63) is 266 Å². The zero-order chi connectivity index (χ0) is 49.0. The number of hydrogen-bond acceptors (Lipinski definition) is 2. The molecule has 2 aromatic heterocycles. The minimum absolute atomic E-state index is 0. The van der Waals surface area contributed by atoms with Crippen molar-refractivity contribution < 1.29 is 0 Å². The van der Waals surface area contributed by atoms with E-state index in [2.05, 4.69) is 301 Å². The standard InChI is InChI=1S/2C34H30N2.4CH4/c1-3-25(2)26-18-20-29(21-19-26)35(27-12-6-4-7-13-27)30-22-23-34-32(24-30)31-16-10-11-17-33(31)36(34)28-14-8-5-9-15-28;1-3-25(2)26-17-19-28(20-18-26)35(27-11-5-4-6-12-27)29-21-23-30(24-22-29)36-33-15-9-7-13-31(33)32-14-8-10-16-34(32)36;;;;/h2*4-25H,3H2,1-2H3;4*1H4. The number of fused-ring (bicyclic) bond motifs is 6. The molecule has 0 bridgehead atoms. The molecular weight excluding hydrogens is 921 g/mol. The molecule has 4 heteroatoms. The van der Waals surface area contributed by atoms with Crippen LogP contribution >= 0.6 is 0 Å². The van der Waals surface area contributed by atoms with Crippen LogP contribution in [0.2, 0.25) is 0 Å². The monoisotopic (exact) mass is 997 g/mol. The molecule has 0 aliphatic carbocycles. The third-order valence-corrected chi connectivity index (χ3v) is 14.6. The van der Waals surface area contributed by atoms with Gasteiger partial charge in [0.05, 0.1) is 22.1 Å². The fourth-order valence-corrected chi connectivity index (χ4v) is 10.3. The quantitative estimate of drug-likeness (QED) is 0.121. The summed E-state index contributed by atoms with van der Waals surface area (Å²) in [5.74, 6) is 1.12. The summed E-state index contributed by atoms with van der Waals surface area (Å²) in [6.45, 7) is 9.07. The van der Waals surface area contributed by atoms with Crippen molar-refractivity contribution in [2.24, 2.45) is 0 Å². The Morgan fingerprint density at radius 1 is 0.289 bits per heavy atom. The second-order valence-corrected chi connectivity index (χ2v) is 18.9. The van der Waals surface area contributed by atoms with E-state index in [1.807, 2.05) is 0 Å². The molecule has 12 rings (SSSR count). The molecule has 2 atom stereocenters. The Labute approximate surface area is 453 Å². The van der Waals surface area contributed by atoms with E-state index in [0.717, 1.165) is 47.0 Å². The van der Waals surface area contributed by atoms with Crippen LogP contribution in [0.1, 0.15) is 93.2 Å². The first-order valence-corrected chi connectivity index (χ1v) is 25.6. The van der Waals surface area contributed by atoms with Gasteiger partial charge in [0.25, 0.3) is 0 Å². The Balaban J connectivity index is 0.000000210. The van der Waals surface area contributed by atoms with Crippen LogP contribution in [0.4, 0.5) is 34.1 Å². The summed E-state index contributed by atoms with van der Waals surface area (Å²) < 4.78 is 4.73. The van der Waals surface area contributed by atoms with Crippen molar-refractivity contribution in [3.63, 3.8) is 0 Å². The van der Waals surface area contributed by atoms with Gasteiger partial charge in [0.2, 0.25) is 0 Å². The fraction of sp³-hybridized carbons (Fsp3) is 0.167. The number of para-hydroxylation sites is 6. The summed E-state index contributed by atoms with van der Waals surface area (Å²) in [5.41, 5.74) is 16.9. The highest BCUT2D eigenvalue weighted by Gasteiger charge is 2.19. The van der Waals surface area contributed by atoms with Gasteiger partial charge in [-0.1, -0.05) is 191 Å². The molecule has 0 saturated carbocycles. The van der Waals surface area contributed by atoms with Gasteiger partial charge in [-0.3, -0.25) is 0 Å². The summed E-state index contributed by atoms with van der Waals surface area (Å²) in [7, 11) is 0. The first kappa shape index (κ1) is 55.2. The van der Waals surface area contributed by atoms with Crippen LogP contribution in [0.25, 0.3) is 55.0 Å². The van der Waals surface area contributed by atoms with Crippen molar-refractivity contribution in [1.29, 1.82) is 0 Å². The maximum absolute atomic E-state index is 2.36. The van der Waals surface area contributed by atoms with Crippen molar-refractivity contribution in [1.82, 2.24) is 9.13 Å². The van der Waals surface area contributed by atoms with Crippen molar-refractivity contribution >= 4 is 77.7 Å². The smallest absolute Gasteiger partial charge is 0.0542 e. The van der Waals surface area contributed by atoms with Gasteiger partial charge in [0.15, 0.2) is 0 Å². The predicted octanol–water partition coefficient (Wildman–Crippen LogP) is 22.1. The topological polar surface area (TPSA) is 16.3 Å². The minimum atomic E-state index is 0. The van der Waals surface area contributed by atoms with Crippen molar-refractivity contribution in [3.8, 4) is 11.4 Å². The molecule has 0 radical (unpaired) electrons. The maximum atomic E-state index is 2.36. The Morgan fingerprint density at radius 2 is 0.579 bits per heavy atom. The van der Waals surface area contributed by atoms with Gasteiger partial charge in [-0.2, -0.15) is 0 Å². The van der Waals surface area contributed by atoms with Crippen molar-refractivity contribution in [2.45, 2.75) is 82.1 Å². The lowest BCUT2D eigenvalue weighted by atomic mass is 9.98. The zero-order valence-corrected chi connectivity index (χ0v) is 41.6. The van der Waals surface area contributed by atoms with Gasteiger partial charge >= 0.3 is 0 Å². The predicted molar refractivity (Wildman–Crippen MR) is 335 cm³/mol. The van der Waals surface area contributed by atoms with E-state index in [9.17, 15) is 0 Å². The van der Waals surface area contributed by atoms with Gasteiger partial charge < -0.3 is 18.9 Å². The van der Waals surface area contributed by atoms with Gasteiger partial charge in [-0.15, -0.1) is 0 Å². The lowest BCUT2D eigenvalue weighted by Crippen LogP contribution is -2.10. The molecule has 2 unspecified atom stereocenters. The first-order chi connectivity index (χ1) is 35.5. The van der Waals surface area contributed by atoms with E-state index in [1.165, 1.54) is 66.1 Å². The number of rotatable bonds is 12.